The molecule has 0 aromatic heterocycles. The Hall–Kier alpha value is -1.81. The number of halogens is 3. The van der Waals surface area contributed by atoms with Crippen molar-refractivity contribution in [1.82, 2.24) is 0 Å². The number of anilines is 1. The number of carbonyl (C=O) groups excluding carboxylic acids is 1. The van der Waals surface area contributed by atoms with E-state index in [2.05, 4.69) is 37.2 Å². The van der Waals surface area contributed by atoms with Crippen LogP contribution in [0.1, 0.15) is 5.56 Å². The number of amides is 1. The lowest BCUT2D eigenvalue weighted by atomic mass is 10.1. The highest BCUT2D eigenvalue weighted by Crippen LogP contribution is 2.33. The second-order valence-corrected chi connectivity index (χ2v) is 6.64. The molecule has 0 bridgehead atoms. The van der Waals surface area contributed by atoms with Crippen molar-refractivity contribution in [3.8, 4) is 11.8 Å². The van der Waals surface area contributed by atoms with Gasteiger partial charge >= 0.3 is 0 Å². The first-order valence-electron chi connectivity index (χ1n) is 6.27. The lowest BCUT2D eigenvalue weighted by molar-refractivity contribution is -0.112. The van der Waals surface area contributed by atoms with Crippen LogP contribution in [0.5, 0.6) is 5.75 Å². The zero-order valence-electron chi connectivity index (χ0n) is 11.5. The molecule has 0 fully saturated rings. The molecule has 0 saturated carbocycles. The molecule has 0 atom stereocenters. The number of carbonyl (C=O) groups is 1. The van der Waals surface area contributed by atoms with Gasteiger partial charge in [0.2, 0.25) is 0 Å². The van der Waals surface area contributed by atoms with E-state index >= 15 is 0 Å². The van der Waals surface area contributed by atoms with Gasteiger partial charge in [0.15, 0.2) is 0 Å². The summed E-state index contributed by atoms with van der Waals surface area (Å²) in [5, 5.41) is 21.6. The summed E-state index contributed by atoms with van der Waals surface area (Å²) >= 11 is 12.3. The van der Waals surface area contributed by atoms with E-state index in [1.54, 1.807) is 24.3 Å². The van der Waals surface area contributed by atoms with Crippen molar-refractivity contribution in [3.05, 3.63) is 61.5 Å². The average molecular weight is 457 g/mol. The van der Waals surface area contributed by atoms with Gasteiger partial charge in [0.25, 0.3) is 5.91 Å². The molecule has 2 aromatic carbocycles. The number of aromatic hydroxyl groups is 1. The summed E-state index contributed by atoms with van der Waals surface area (Å²) in [5.74, 6) is -0.633. The second kappa shape index (κ2) is 7.64. The first-order chi connectivity index (χ1) is 10.9. The molecule has 7 heteroatoms. The normalized spacial score (nSPS) is 11.0. The molecule has 0 heterocycles. The van der Waals surface area contributed by atoms with Gasteiger partial charge in [0.1, 0.15) is 17.4 Å². The molecule has 0 unspecified atom stereocenters. The van der Waals surface area contributed by atoms with Crippen LogP contribution in [0.2, 0.25) is 5.02 Å². The largest absolute Gasteiger partial charge is 0.505 e. The van der Waals surface area contributed by atoms with E-state index in [4.69, 9.17) is 11.6 Å². The van der Waals surface area contributed by atoms with E-state index in [0.29, 0.717) is 15.7 Å². The molecule has 2 aromatic rings. The number of phenolic OH excluding ortho intramolecular Hbond substituents is 1. The SMILES string of the molecule is N#C/C(=C/c1cc(Cl)c(O)c(Br)c1)C(=O)Nc1cccc(Br)c1. The topological polar surface area (TPSA) is 73.1 Å². The van der Waals surface area contributed by atoms with E-state index in [0.717, 1.165) is 4.47 Å². The molecule has 2 N–H and O–H groups in total. The molecule has 4 nitrogen and oxygen atoms in total. The maximum atomic E-state index is 12.2. The fourth-order valence-corrected chi connectivity index (χ4v) is 2.97. The Morgan fingerprint density at radius 1 is 1.30 bits per heavy atom. The van der Waals surface area contributed by atoms with Gasteiger partial charge in [-0.1, -0.05) is 33.6 Å². The molecule has 0 aliphatic heterocycles. The van der Waals surface area contributed by atoms with Crippen molar-refractivity contribution in [2.24, 2.45) is 0 Å². The van der Waals surface area contributed by atoms with Gasteiger partial charge in [-0.25, -0.2) is 0 Å². The van der Waals surface area contributed by atoms with E-state index in [1.807, 2.05) is 12.1 Å². The Kier molecular flexibility index (Phi) is 5.83. The number of nitriles is 1. The Morgan fingerprint density at radius 2 is 2.04 bits per heavy atom. The van der Waals surface area contributed by atoms with Gasteiger partial charge in [-0.05, 0) is 57.9 Å². The Morgan fingerprint density at radius 3 is 2.65 bits per heavy atom. The van der Waals surface area contributed by atoms with Crippen molar-refractivity contribution in [3.63, 3.8) is 0 Å². The van der Waals surface area contributed by atoms with Crippen LogP contribution in [0.4, 0.5) is 5.69 Å². The smallest absolute Gasteiger partial charge is 0.266 e. The molecular weight excluding hydrogens is 447 g/mol. The molecule has 0 aliphatic rings. The minimum atomic E-state index is -0.536. The third-order valence-corrected chi connectivity index (χ3v) is 4.18. The summed E-state index contributed by atoms with van der Waals surface area (Å²) in [6, 6.07) is 11.9. The molecular formula is C16H9Br2ClN2O2. The summed E-state index contributed by atoms with van der Waals surface area (Å²) in [6.07, 6.45) is 1.39. The van der Waals surface area contributed by atoms with Gasteiger partial charge in [-0.15, -0.1) is 0 Å². The van der Waals surface area contributed by atoms with E-state index < -0.39 is 5.91 Å². The highest BCUT2D eigenvalue weighted by molar-refractivity contribution is 9.10. The number of nitrogens with one attached hydrogen (secondary N) is 1. The fourth-order valence-electron chi connectivity index (χ4n) is 1.75. The van der Waals surface area contributed by atoms with E-state index in [1.165, 1.54) is 12.1 Å². The highest BCUT2D eigenvalue weighted by atomic mass is 79.9. The van der Waals surface area contributed by atoms with Crippen LogP contribution < -0.4 is 5.32 Å². The second-order valence-electron chi connectivity index (χ2n) is 4.47. The van der Waals surface area contributed by atoms with Gasteiger partial charge in [-0.3, -0.25) is 4.79 Å². The molecule has 0 saturated heterocycles. The quantitative estimate of drug-likeness (QED) is 0.498. The van der Waals surface area contributed by atoms with Crippen molar-refractivity contribution in [2.75, 3.05) is 5.32 Å². The first-order valence-corrected chi connectivity index (χ1v) is 8.24. The van der Waals surface area contributed by atoms with Crippen LogP contribution in [0.15, 0.2) is 50.9 Å². The minimum absolute atomic E-state index is 0.0846. The van der Waals surface area contributed by atoms with Crippen LogP contribution in [0.25, 0.3) is 6.08 Å². The Balaban J connectivity index is 2.28. The third-order valence-electron chi connectivity index (χ3n) is 2.80. The average Bonchev–Trinajstić information content (AvgIpc) is 2.50. The van der Waals surface area contributed by atoms with Crippen molar-refractivity contribution < 1.29 is 9.90 Å². The van der Waals surface area contributed by atoms with Gasteiger partial charge in [0.05, 0.1) is 9.50 Å². The number of hydrogen-bond donors (Lipinski definition) is 2. The van der Waals surface area contributed by atoms with Crippen LogP contribution in [0, 0.1) is 11.3 Å². The summed E-state index contributed by atoms with van der Waals surface area (Å²) in [5.41, 5.74) is 0.995. The standard InChI is InChI=1S/C16H9Br2ClN2O2/c17-11-2-1-3-12(7-11)21-16(23)10(8-20)4-9-5-13(18)15(22)14(19)6-9/h1-7,22H,(H,21,23)/b10-4-. The van der Waals surface area contributed by atoms with Gasteiger partial charge in [-0.2, -0.15) is 5.26 Å². The molecule has 1 amide bonds. The molecule has 0 aliphatic carbocycles. The molecule has 23 heavy (non-hydrogen) atoms. The first kappa shape index (κ1) is 17.5. The Labute approximate surface area is 154 Å². The zero-order chi connectivity index (χ0) is 17.0. The molecule has 0 radical (unpaired) electrons. The predicted molar refractivity (Wildman–Crippen MR) is 97.2 cm³/mol. The number of phenols is 1. The number of hydrogen-bond acceptors (Lipinski definition) is 3. The van der Waals surface area contributed by atoms with Crippen LogP contribution in [-0.2, 0) is 4.79 Å². The summed E-state index contributed by atoms with van der Waals surface area (Å²) < 4.78 is 1.19. The summed E-state index contributed by atoms with van der Waals surface area (Å²) in [7, 11) is 0. The number of nitrogens with zero attached hydrogens (tertiary/aromatic N) is 1. The predicted octanol–water partition coefficient (Wildman–Crippen LogP) is 5.12. The number of benzene rings is 2. The number of rotatable bonds is 3. The van der Waals surface area contributed by atoms with E-state index in [9.17, 15) is 15.2 Å². The zero-order valence-corrected chi connectivity index (χ0v) is 15.4. The monoisotopic (exact) mass is 454 g/mol. The van der Waals surface area contributed by atoms with Crippen LogP contribution >= 0.6 is 43.5 Å². The summed E-state index contributed by atoms with van der Waals surface area (Å²) in [6.45, 7) is 0. The van der Waals surface area contributed by atoms with Gasteiger partial charge < -0.3 is 10.4 Å². The van der Waals surface area contributed by atoms with Crippen molar-refractivity contribution in [1.29, 1.82) is 5.26 Å². The highest BCUT2D eigenvalue weighted by Gasteiger charge is 2.11. The lowest BCUT2D eigenvalue weighted by Crippen LogP contribution is -2.13. The maximum absolute atomic E-state index is 12.2. The van der Waals surface area contributed by atoms with Crippen molar-refractivity contribution in [2.45, 2.75) is 0 Å². The molecule has 0 spiro atoms. The van der Waals surface area contributed by atoms with Crippen molar-refractivity contribution >= 4 is 61.1 Å². The lowest BCUT2D eigenvalue weighted by Gasteiger charge is -2.06. The minimum Gasteiger partial charge on any atom is -0.505 e. The fraction of sp³-hybridized carbons (Fsp3) is 0. The van der Waals surface area contributed by atoms with E-state index in [-0.39, 0.29) is 16.3 Å². The van der Waals surface area contributed by atoms with Crippen LogP contribution in [0.3, 0.4) is 0 Å². The maximum Gasteiger partial charge on any atom is 0.266 e. The summed E-state index contributed by atoms with van der Waals surface area (Å²) in [4.78, 5) is 12.2. The third kappa shape index (κ3) is 4.58. The molecule has 2 rings (SSSR count). The Bertz CT molecular complexity index is 821. The van der Waals surface area contributed by atoms with Crippen LogP contribution in [-0.4, -0.2) is 11.0 Å². The molecule has 116 valence electrons. The van der Waals surface area contributed by atoms with Gasteiger partial charge in [0, 0.05) is 10.2 Å².